The van der Waals surface area contributed by atoms with Gasteiger partial charge in [-0.2, -0.15) is 0 Å². The monoisotopic (exact) mass is 372 g/mol. The Labute approximate surface area is 144 Å². The van der Waals surface area contributed by atoms with E-state index >= 15 is 0 Å². The number of carbonyl (C=O) groups excluding carboxylic acids is 1. The Morgan fingerprint density at radius 2 is 2.00 bits per heavy atom. The fourth-order valence-corrected chi connectivity index (χ4v) is 3.26. The molecule has 0 radical (unpaired) electrons. The van der Waals surface area contributed by atoms with E-state index in [0.29, 0.717) is 17.7 Å². The molecular weight excluding hydrogens is 356 g/mol. The molecule has 1 unspecified atom stereocenters. The number of cyclic esters (lactones) is 1. The summed E-state index contributed by atoms with van der Waals surface area (Å²) in [5.41, 5.74) is 1.60. The van der Waals surface area contributed by atoms with Crippen molar-refractivity contribution in [3.8, 4) is 5.75 Å². The van der Waals surface area contributed by atoms with Crippen LogP contribution in [0.25, 0.3) is 0 Å². The Balaban J connectivity index is 2.20. The molecule has 2 aromatic carbocycles. The molecule has 118 valence electrons. The number of fused-ring (bicyclic) bond motifs is 1. The average Bonchev–Trinajstić information content (AvgIpc) is 2.86. The van der Waals surface area contributed by atoms with Gasteiger partial charge in [0.15, 0.2) is 5.60 Å². The van der Waals surface area contributed by atoms with Crippen molar-refractivity contribution in [3.05, 3.63) is 76.3 Å². The summed E-state index contributed by atoms with van der Waals surface area (Å²) in [5.74, 6) is 0.414. The molecule has 0 bridgehead atoms. The van der Waals surface area contributed by atoms with Crippen molar-refractivity contribution in [1.82, 2.24) is 0 Å². The Morgan fingerprint density at radius 3 is 2.65 bits per heavy atom. The molecule has 0 fully saturated rings. The van der Waals surface area contributed by atoms with Crippen LogP contribution in [0.2, 0.25) is 0 Å². The van der Waals surface area contributed by atoms with Crippen LogP contribution < -0.4 is 4.74 Å². The van der Waals surface area contributed by atoms with E-state index in [9.17, 15) is 4.79 Å². The minimum atomic E-state index is -0.796. The second-order valence-electron chi connectivity index (χ2n) is 5.46. The van der Waals surface area contributed by atoms with Crippen molar-refractivity contribution < 1.29 is 14.3 Å². The molecule has 0 aliphatic carbocycles. The van der Waals surface area contributed by atoms with Gasteiger partial charge in [-0.25, -0.2) is 4.79 Å². The van der Waals surface area contributed by atoms with E-state index in [0.717, 1.165) is 22.0 Å². The molecule has 3 nitrogen and oxygen atoms in total. The quantitative estimate of drug-likeness (QED) is 0.556. The fraction of sp³-hybridized carbons (Fsp3) is 0.211. The largest absolute Gasteiger partial charge is 0.497 e. The molecule has 0 spiro atoms. The third-order valence-electron chi connectivity index (χ3n) is 4.16. The van der Waals surface area contributed by atoms with Gasteiger partial charge in [0.1, 0.15) is 5.75 Å². The Kier molecular flexibility index (Phi) is 4.26. The molecule has 1 atom stereocenters. The number of ether oxygens (including phenoxy) is 2. The van der Waals surface area contributed by atoms with Gasteiger partial charge in [-0.3, -0.25) is 0 Å². The number of methoxy groups -OCH3 is 1. The standard InChI is InChI=1S/C19H17BrO3/c1-3-4-11-19(13-5-7-14(20)8-6-13)17-12-15(22-2)9-10-16(17)18(21)23-19/h3,5-10,12H,1,4,11H2,2H3. The van der Waals surface area contributed by atoms with Crippen LogP contribution in [0.3, 0.4) is 0 Å². The summed E-state index contributed by atoms with van der Waals surface area (Å²) in [7, 11) is 1.62. The van der Waals surface area contributed by atoms with E-state index in [1.54, 1.807) is 19.2 Å². The molecule has 0 N–H and O–H groups in total. The molecule has 1 aliphatic heterocycles. The van der Waals surface area contributed by atoms with Crippen molar-refractivity contribution in [2.24, 2.45) is 0 Å². The van der Waals surface area contributed by atoms with Gasteiger partial charge in [0.2, 0.25) is 0 Å². The lowest BCUT2D eigenvalue weighted by molar-refractivity contribution is 0.00756. The van der Waals surface area contributed by atoms with E-state index in [4.69, 9.17) is 9.47 Å². The van der Waals surface area contributed by atoms with Crippen LogP contribution in [0.5, 0.6) is 5.75 Å². The number of hydrogen-bond acceptors (Lipinski definition) is 3. The number of hydrogen-bond donors (Lipinski definition) is 0. The van der Waals surface area contributed by atoms with E-state index in [1.807, 2.05) is 36.4 Å². The average molecular weight is 373 g/mol. The minimum absolute atomic E-state index is 0.297. The molecule has 0 amide bonds. The number of halogens is 1. The van der Waals surface area contributed by atoms with Crippen LogP contribution in [-0.2, 0) is 10.3 Å². The maximum absolute atomic E-state index is 12.4. The Morgan fingerprint density at radius 1 is 1.26 bits per heavy atom. The highest BCUT2D eigenvalue weighted by Crippen LogP contribution is 2.46. The molecule has 23 heavy (non-hydrogen) atoms. The maximum Gasteiger partial charge on any atom is 0.339 e. The second-order valence-corrected chi connectivity index (χ2v) is 6.38. The number of esters is 1. The molecule has 3 rings (SSSR count). The third-order valence-corrected chi connectivity index (χ3v) is 4.69. The summed E-state index contributed by atoms with van der Waals surface area (Å²) in [5, 5.41) is 0. The summed E-state index contributed by atoms with van der Waals surface area (Å²) in [6, 6.07) is 13.3. The van der Waals surface area contributed by atoms with E-state index in [1.165, 1.54) is 0 Å². The van der Waals surface area contributed by atoms with Crippen LogP contribution >= 0.6 is 15.9 Å². The summed E-state index contributed by atoms with van der Waals surface area (Å²) in [4.78, 5) is 12.4. The van der Waals surface area contributed by atoms with E-state index < -0.39 is 5.60 Å². The van der Waals surface area contributed by atoms with Crippen LogP contribution in [0, 0.1) is 0 Å². The third kappa shape index (κ3) is 2.68. The van der Waals surface area contributed by atoms with Gasteiger partial charge in [0.25, 0.3) is 0 Å². The van der Waals surface area contributed by atoms with Gasteiger partial charge >= 0.3 is 5.97 Å². The fourth-order valence-electron chi connectivity index (χ4n) is 3.00. The minimum Gasteiger partial charge on any atom is -0.497 e. The van der Waals surface area contributed by atoms with Gasteiger partial charge in [-0.1, -0.05) is 34.1 Å². The first-order chi connectivity index (χ1) is 11.1. The normalized spacial score (nSPS) is 19.1. The van der Waals surface area contributed by atoms with Crippen molar-refractivity contribution in [1.29, 1.82) is 0 Å². The first-order valence-corrected chi connectivity index (χ1v) is 8.19. The first-order valence-electron chi connectivity index (χ1n) is 7.39. The molecule has 0 saturated heterocycles. The zero-order valence-electron chi connectivity index (χ0n) is 12.8. The smallest absolute Gasteiger partial charge is 0.339 e. The second kappa shape index (κ2) is 6.20. The van der Waals surface area contributed by atoms with Crippen LogP contribution in [0.15, 0.2) is 59.6 Å². The van der Waals surface area contributed by atoms with Gasteiger partial charge in [-0.15, -0.1) is 6.58 Å². The molecule has 1 aliphatic rings. The molecule has 1 heterocycles. The van der Waals surface area contributed by atoms with Crippen molar-refractivity contribution in [2.45, 2.75) is 18.4 Å². The van der Waals surface area contributed by atoms with Crippen LogP contribution in [-0.4, -0.2) is 13.1 Å². The Hall–Kier alpha value is -2.07. The SMILES string of the molecule is C=CCCC1(c2ccc(Br)cc2)OC(=O)c2ccc(OC)cc21. The van der Waals surface area contributed by atoms with Crippen LogP contribution in [0.1, 0.15) is 34.3 Å². The zero-order valence-corrected chi connectivity index (χ0v) is 14.4. The lowest BCUT2D eigenvalue weighted by Gasteiger charge is -2.29. The van der Waals surface area contributed by atoms with Gasteiger partial charge in [0, 0.05) is 15.6 Å². The highest BCUT2D eigenvalue weighted by Gasteiger charge is 2.46. The summed E-state index contributed by atoms with van der Waals surface area (Å²) < 4.78 is 12.2. The molecule has 2 aromatic rings. The first kappa shape index (κ1) is 15.8. The maximum atomic E-state index is 12.4. The highest BCUT2D eigenvalue weighted by molar-refractivity contribution is 9.10. The van der Waals surface area contributed by atoms with Crippen molar-refractivity contribution in [2.75, 3.05) is 7.11 Å². The Bertz CT molecular complexity index is 752. The highest BCUT2D eigenvalue weighted by atomic mass is 79.9. The molecular formula is C19H17BrO3. The molecule has 4 heteroatoms. The lowest BCUT2D eigenvalue weighted by Crippen LogP contribution is -2.27. The number of benzene rings is 2. The lowest BCUT2D eigenvalue weighted by atomic mass is 9.82. The summed E-state index contributed by atoms with van der Waals surface area (Å²) in [6.45, 7) is 3.80. The van der Waals surface area contributed by atoms with Gasteiger partial charge in [-0.05, 0) is 43.2 Å². The number of allylic oxidation sites excluding steroid dienone is 1. The number of rotatable bonds is 5. The summed E-state index contributed by atoms with van der Waals surface area (Å²) >= 11 is 3.45. The molecule has 0 saturated carbocycles. The van der Waals surface area contributed by atoms with Gasteiger partial charge < -0.3 is 9.47 Å². The molecule has 0 aromatic heterocycles. The van der Waals surface area contributed by atoms with Crippen molar-refractivity contribution in [3.63, 3.8) is 0 Å². The zero-order chi connectivity index (χ0) is 16.4. The predicted octanol–water partition coefficient (Wildman–Crippen LogP) is 4.84. The van der Waals surface area contributed by atoms with E-state index in [-0.39, 0.29) is 5.97 Å². The predicted molar refractivity (Wildman–Crippen MR) is 92.8 cm³/mol. The summed E-state index contributed by atoms with van der Waals surface area (Å²) in [6.07, 6.45) is 3.22. The van der Waals surface area contributed by atoms with Crippen molar-refractivity contribution >= 4 is 21.9 Å². The van der Waals surface area contributed by atoms with Crippen LogP contribution in [0.4, 0.5) is 0 Å². The topological polar surface area (TPSA) is 35.5 Å². The van der Waals surface area contributed by atoms with Gasteiger partial charge in [0.05, 0.1) is 12.7 Å². The number of carbonyl (C=O) groups is 1. The van der Waals surface area contributed by atoms with E-state index in [2.05, 4.69) is 22.5 Å².